The first kappa shape index (κ1) is 17.5. The second-order valence-corrected chi connectivity index (χ2v) is 4.37. The number of carboxylic acid groups (broad SMARTS) is 1. The summed E-state index contributed by atoms with van der Waals surface area (Å²) in [6.45, 7) is -1.22. The third kappa shape index (κ3) is 4.48. The Hall–Kier alpha value is -1.52. The molecule has 1 unspecified atom stereocenters. The van der Waals surface area contributed by atoms with E-state index in [-0.39, 0.29) is 11.5 Å². The third-order valence-corrected chi connectivity index (χ3v) is 2.82. The fourth-order valence-corrected chi connectivity index (χ4v) is 1.95. The Morgan fingerprint density at radius 1 is 1.19 bits per heavy atom. The Kier molecular flexibility index (Phi) is 5.07. The highest BCUT2D eigenvalue weighted by molar-refractivity contribution is 5.81. The number of morpholine rings is 1. The van der Waals surface area contributed by atoms with Crippen molar-refractivity contribution in [1.29, 1.82) is 0 Å². The maximum absolute atomic E-state index is 12.5. The summed E-state index contributed by atoms with van der Waals surface area (Å²) in [5.74, 6) is -7.83. The number of alkyl halides is 6. The number of rotatable bonds is 3. The van der Waals surface area contributed by atoms with Gasteiger partial charge in [0.2, 0.25) is 11.8 Å². The quantitative estimate of drug-likeness (QED) is 0.798. The van der Waals surface area contributed by atoms with E-state index < -0.39 is 55.8 Å². The SMILES string of the molecule is O=C(O)CC1COCCN1C(=O)C(C(F)(F)F)C(F)(F)F. The van der Waals surface area contributed by atoms with Gasteiger partial charge in [-0.2, -0.15) is 26.3 Å². The number of carbonyl (C=O) groups excluding carboxylic acids is 1. The first-order chi connectivity index (χ1) is 9.44. The number of hydrogen-bond donors (Lipinski definition) is 1. The molecular weight excluding hydrogens is 312 g/mol. The molecule has 21 heavy (non-hydrogen) atoms. The topological polar surface area (TPSA) is 66.8 Å². The third-order valence-electron chi connectivity index (χ3n) is 2.82. The summed E-state index contributed by atoms with van der Waals surface area (Å²) in [6, 6.07) is -1.36. The zero-order valence-electron chi connectivity index (χ0n) is 10.4. The first-order valence-electron chi connectivity index (χ1n) is 5.68. The van der Waals surface area contributed by atoms with E-state index in [2.05, 4.69) is 0 Å². The van der Waals surface area contributed by atoms with Crippen LogP contribution in [0.3, 0.4) is 0 Å². The number of halogens is 6. The van der Waals surface area contributed by atoms with Crippen molar-refractivity contribution < 1.29 is 45.8 Å². The lowest BCUT2D eigenvalue weighted by atomic mass is 10.0. The highest BCUT2D eigenvalue weighted by atomic mass is 19.4. The number of aliphatic carboxylic acids is 1. The zero-order valence-corrected chi connectivity index (χ0v) is 10.4. The zero-order chi connectivity index (χ0) is 16.4. The Labute approximate surface area is 114 Å². The van der Waals surface area contributed by atoms with Gasteiger partial charge in [-0.05, 0) is 0 Å². The fourth-order valence-electron chi connectivity index (χ4n) is 1.95. The van der Waals surface area contributed by atoms with Crippen LogP contribution in [0.2, 0.25) is 0 Å². The maximum Gasteiger partial charge on any atom is 0.409 e. The largest absolute Gasteiger partial charge is 0.481 e. The first-order valence-corrected chi connectivity index (χ1v) is 5.68. The highest BCUT2D eigenvalue weighted by Gasteiger charge is 2.62. The fraction of sp³-hybridized carbons (Fsp3) is 0.800. The van der Waals surface area contributed by atoms with E-state index in [1.165, 1.54) is 0 Å². The van der Waals surface area contributed by atoms with Crippen molar-refractivity contribution in [2.24, 2.45) is 5.92 Å². The molecule has 0 radical (unpaired) electrons. The number of nitrogens with zero attached hydrogens (tertiary/aromatic N) is 1. The van der Waals surface area contributed by atoms with Crippen LogP contribution < -0.4 is 0 Å². The van der Waals surface area contributed by atoms with E-state index in [0.29, 0.717) is 0 Å². The molecule has 11 heteroatoms. The summed E-state index contributed by atoms with van der Waals surface area (Å²) in [5.41, 5.74) is 0. The van der Waals surface area contributed by atoms with Gasteiger partial charge < -0.3 is 14.7 Å². The number of amides is 1. The molecule has 5 nitrogen and oxygen atoms in total. The molecular formula is C10H11F6NO4. The van der Waals surface area contributed by atoms with E-state index in [1.54, 1.807) is 0 Å². The molecule has 0 spiro atoms. The molecule has 1 amide bonds. The second kappa shape index (κ2) is 6.08. The summed E-state index contributed by atoms with van der Waals surface area (Å²) in [4.78, 5) is 22.5. The molecule has 0 saturated carbocycles. The van der Waals surface area contributed by atoms with Gasteiger partial charge in [0.05, 0.1) is 25.7 Å². The van der Waals surface area contributed by atoms with Gasteiger partial charge in [-0.3, -0.25) is 9.59 Å². The van der Waals surface area contributed by atoms with Crippen LogP contribution >= 0.6 is 0 Å². The van der Waals surface area contributed by atoms with Crippen molar-refractivity contribution in [3.05, 3.63) is 0 Å². The summed E-state index contributed by atoms with van der Waals surface area (Å²) in [5, 5.41) is 8.59. The number of carbonyl (C=O) groups is 2. The molecule has 1 aliphatic rings. The minimum Gasteiger partial charge on any atom is -0.481 e. The van der Waals surface area contributed by atoms with E-state index >= 15 is 0 Å². The van der Waals surface area contributed by atoms with Gasteiger partial charge in [0.1, 0.15) is 0 Å². The lowest BCUT2D eigenvalue weighted by Gasteiger charge is -2.37. The van der Waals surface area contributed by atoms with E-state index in [4.69, 9.17) is 9.84 Å². The molecule has 1 N–H and O–H groups in total. The highest BCUT2D eigenvalue weighted by Crippen LogP contribution is 2.40. The second-order valence-electron chi connectivity index (χ2n) is 4.37. The Morgan fingerprint density at radius 3 is 2.14 bits per heavy atom. The van der Waals surface area contributed by atoms with Gasteiger partial charge in [0.25, 0.3) is 0 Å². The lowest BCUT2D eigenvalue weighted by molar-refractivity contribution is -0.279. The Balaban J connectivity index is 3.03. The molecule has 1 saturated heterocycles. The normalized spacial score (nSPS) is 20.7. The summed E-state index contributed by atoms with van der Waals surface area (Å²) in [7, 11) is 0. The molecule has 1 atom stereocenters. The smallest absolute Gasteiger partial charge is 0.409 e. The van der Waals surface area contributed by atoms with Crippen LogP contribution in [0, 0.1) is 5.92 Å². The predicted molar refractivity (Wildman–Crippen MR) is 54.2 cm³/mol. The van der Waals surface area contributed by atoms with Crippen LogP contribution in [0.4, 0.5) is 26.3 Å². The monoisotopic (exact) mass is 323 g/mol. The van der Waals surface area contributed by atoms with Gasteiger partial charge in [0, 0.05) is 6.54 Å². The van der Waals surface area contributed by atoms with Gasteiger partial charge in [0.15, 0.2) is 0 Å². The molecule has 0 aliphatic carbocycles. The van der Waals surface area contributed by atoms with Crippen LogP contribution in [0.15, 0.2) is 0 Å². The van der Waals surface area contributed by atoms with Crippen molar-refractivity contribution in [2.45, 2.75) is 24.8 Å². The van der Waals surface area contributed by atoms with Crippen molar-refractivity contribution in [1.82, 2.24) is 4.90 Å². The molecule has 0 aromatic carbocycles. The number of carboxylic acids is 1. The minimum atomic E-state index is -5.80. The van der Waals surface area contributed by atoms with Crippen molar-refractivity contribution >= 4 is 11.9 Å². The average molecular weight is 323 g/mol. The maximum atomic E-state index is 12.5. The Bertz CT molecular complexity index is 393. The molecule has 1 aliphatic heterocycles. The molecule has 0 aromatic rings. The van der Waals surface area contributed by atoms with E-state index in [9.17, 15) is 35.9 Å². The molecule has 1 heterocycles. The lowest BCUT2D eigenvalue weighted by Crippen LogP contribution is -2.56. The molecule has 1 rings (SSSR count). The van der Waals surface area contributed by atoms with Crippen LogP contribution in [-0.4, -0.2) is 60.0 Å². The van der Waals surface area contributed by atoms with Gasteiger partial charge in [-0.25, -0.2) is 0 Å². The molecule has 1 fully saturated rings. The molecule has 122 valence electrons. The molecule has 0 bridgehead atoms. The van der Waals surface area contributed by atoms with Crippen LogP contribution in [-0.2, 0) is 14.3 Å². The summed E-state index contributed by atoms with van der Waals surface area (Å²) in [6.07, 6.45) is -12.4. The van der Waals surface area contributed by atoms with Gasteiger partial charge in [-0.1, -0.05) is 0 Å². The number of ether oxygens (including phenoxy) is 1. The van der Waals surface area contributed by atoms with Crippen LogP contribution in [0.25, 0.3) is 0 Å². The standard InChI is InChI=1S/C10H11F6NO4/c11-9(12,13)7(10(14,15)16)8(20)17-1-2-21-4-5(17)3-6(18)19/h5,7H,1-4H2,(H,18,19). The van der Waals surface area contributed by atoms with E-state index in [0.717, 1.165) is 0 Å². The van der Waals surface area contributed by atoms with E-state index in [1.807, 2.05) is 0 Å². The van der Waals surface area contributed by atoms with Crippen LogP contribution in [0.5, 0.6) is 0 Å². The number of hydrogen-bond acceptors (Lipinski definition) is 3. The summed E-state index contributed by atoms with van der Waals surface area (Å²) < 4.78 is 79.8. The van der Waals surface area contributed by atoms with Gasteiger partial charge >= 0.3 is 18.3 Å². The Morgan fingerprint density at radius 2 is 1.71 bits per heavy atom. The minimum absolute atomic E-state index is 0.260. The van der Waals surface area contributed by atoms with Crippen LogP contribution in [0.1, 0.15) is 6.42 Å². The van der Waals surface area contributed by atoms with Crippen molar-refractivity contribution in [3.63, 3.8) is 0 Å². The van der Waals surface area contributed by atoms with Crippen molar-refractivity contribution in [2.75, 3.05) is 19.8 Å². The predicted octanol–water partition coefficient (Wildman–Crippen LogP) is 1.43. The van der Waals surface area contributed by atoms with Gasteiger partial charge in [-0.15, -0.1) is 0 Å². The van der Waals surface area contributed by atoms with Crippen molar-refractivity contribution in [3.8, 4) is 0 Å². The summed E-state index contributed by atoms with van der Waals surface area (Å²) >= 11 is 0. The average Bonchev–Trinajstić information content (AvgIpc) is 2.24. The molecule has 0 aromatic heterocycles.